The third-order valence-corrected chi connectivity index (χ3v) is 2.50. The maximum Gasteiger partial charge on any atom is 0.307 e. The minimum atomic E-state index is -0.107. The Labute approximate surface area is 87.4 Å². The quantitative estimate of drug-likeness (QED) is 0.616. The Morgan fingerprint density at radius 1 is 1.21 bits per heavy atom. The number of ether oxygens (including phenoxy) is 1. The Kier molecular flexibility index (Phi) is 5.77. The number of carbonyl (C=O) groups excluding carboxylic acids is 1. The summed E-state index contributed by atoms with van der Waals surface area (Å²) in [6, 6.07) is 0. The van der Waals surface area contributed by atoms with Crippen molar-refractivity contribution in [3.8, 4) is 0 Å². The number of nitrogens with zero attached hydrogens (tertiary/aromatic N) is 1. The van der Waals surface area contributed by atoms with Crippen LogP contribution in [0.5, 0.6) is 0 Å². The molecule has 0 aliphatic heterocycles. The van der Waals surface area contributed by atoms with Gasteiger partial charge in [-0.1, -0.05) is 13.8 Å². The highest BCUT2D eigenvalue weighted by Gasteiger charge is 2.27. The summed E-state index contributed by atoms with van der Waals surface area (Å²) >= 11 is 0. The van der Waals surface area contributed by atoms with Gasteiger partial charge in [0.25, 0.3) is 0 Å². The molecule has 0 fully saturated rings. The Balaban J connectivity index is 4.23. The van der Waals surface area contributed by atoms with Gasteiger partial charge in [0.05, 0.1) is 13.0 Å². The lowest BCUT2D eigenvalue weighted by molar-refractivity contribution is -0.146. The third-order valence-electron chi connectivity index (χ3n) is 2.50. The van der Waals surface area contributed by atoms with Gasteiger partial charge in [0, 0.05) is 5.54 Å². The van der Waals surface area contributed by atoms with Crippen LogP contribution in [0.25, 0.3) is 0 Å². The van der Waals surface area contributed by atoms with Crippen molar-refractivity contribution in [3.05, 3.63) is 0 Å². The first-order valence-corrected chi connectivity index (χ1v) is 5.38. The number of rotatable bonds is 6. The second-order valence-corrected chi connectivity index (χ2v) is 3.97. The minimum absolute atomic E-state index is 0.101. The van der Waals surface area contributed by atoms with Crippen molar-refractivity contribution < 1.29 is 9.53 Å². The molecule has 0 N–H and O–H groups in total. The first kappa shape index (κ1) is 13.4. The van der Waals surface area contributed by atoms with E-state index in [1.165, 1.54) is 0 Å². The number of hydrogen-bond acceptors (Lipinski definition) is 3. The zero-order valence-electron chi connectivity index (χ0n) is 10.1. The van der Waals surface area contributed by atoms with Crippen molar-refractivity contribution in [1.82, 2.24) is 4.90 Å². The van der Waals surface area contributed by atoms with Gasteiger partial charge < -0.3 is 4.74 Å². The summed E-state index contributed by atoms with van der Waals surface area (Å²) in [6.45, 7) is 12.6. The normalized spacial score (nSPS) is 11.9. The summed E-state index contributed by atoms with van der Waals surface area (Å²) in [6.07, 6.45) is 0.461. The molecule has 0 aliphatic carbocycles. The summed E-state index contributed by atoms with van der Waals surface area (Å²) in [5.41, 5.74) is -0.101. The van der Waals surface area contributed by atoms with Gasteiger partial charge in [0.15, 0.2) is 0 Å². The highest BCUT2D eigenvalue weighted by molar-refractivity contribution is 5.70. The fraction of sp³-hybridized carbons (Fsp3) is 0.909. The smallest absolute Gasteiger partial charge is 0.307 e. The van der Waals surface area contributed by atoms with Crippen LogP contribution < -0.4 is 0 Å². The Morgan fingerprint density at radius 3 is 2.07 bits per heavy atom. The molecule has 0 amide bonds. The third kappa shape index (κ3) is 4.09. The summed E-state index contributed by atoms with van der Waals surface area (Å²) in [7, 11) is 0. The highest BCUT2D eigenvalue weighted by Crippen LogP contribution is 2.18. The van der Waals surface area contributed by atoms with E-state index in [0.29, 0.717) is 13.0 Å². The van der Waals surface area contributed by atoms with Gasteiger partial charge in [-0.15, -0.1) is 0 Å². The van der Waals surface area contributed by atoms with Gasteiger partial charge in [-0.2, -0.15) is 0 Å². The predicted molar refractivity (Wildman–Crippen MR) is 58.3 cm³/mol. The van der Waals surface area contributed by atoms with E-state index in [-0.39, 0.29) is 11.5 Å². The second kappa shape index (κ2) is 6.02. The standard InChI is InChI=1S/C11H23NO2/c1-6-12(7-2)11(4,5)9-10(13)14-8-3/h6-9H2,1-5H3. The molecule has 0 aromatic heterocycles. The van der Waals surface area contributed by atoms with Crippen molar-refractivity contribution in [2.75, 3.05) is 19.7 Å². The Morgan fingerprint density at radius 2 is 1.71 bits per heavy atom. The summed E-state index contributed by atoms with van der Waals surface area (Å²) in [4.78, 5) is 13.6. The minimum Gasteiger partial charge on any atom is -0.466 e. The second-order valence-electron chi connectivity index (χ2n) is 3.97. The molecule has 0 bridgehead atoms. The molecule has 0 radical (unpaired) electrons. The molecular weight excluding hydrogens is 178 g/mol. The van der Waals surface area contributed by atoms with Crippen LogP contribution >= 0.6 is 0 Å². The molecule has 0 aromatic carbocycles. The van der Waals surface area contributed by atoms with E-state index >= 15 is 0 Å². The molecule has 3 nitrogen and oxygen atoms in total. The fourth-order valence-electron chi connectivity index (χ4n) is 1.76. The van der Waals surface area contributed by atoms with Gasteiger partial charge in [-0.25, -0.2) is 0 Å². The molecule has 0 unspecified atom stereocenters. The number of carbonyl (C=O) groups is 1. The monoisotopic (exact) mass is 201 g/mol. The lowest BCUT2D eigenvalue weighted by Crippen LogP contribution is -2.45. The molecule has 0 saturated heterocycles. The molecule has 84 valence electrons. The van der Waals surface area contributed by atoms with E-state index in [2.05, 4.69) is 32.6 Å². The maximum absolute atomic E-state index is 11.3. The van der Waals surface area contributed by atoms with E-state index in [1.54, 1.807) is 0 Å². The fourth-order valence-corrected chi connectivity index (χ4v) is 1.76. The SMILES string of the molecule is CCOC(=O)CC(C)(C)N(CC)CC. The molecule has 14 heavy (non-hydrogen) atoms. The zero-order chi connectivity index (χ0) is 11.2. The van der Waals surface area contributed by atoms with Crippen molar-refractivity contribution in [3.63, 3.8) is 0 Å². The van der Waals surface area contributed by atoms with Gasteiger partial charge in [-0.05, 0) is 33.9 Å². The zero-order valence-corrected chi connectivity index (χ0v) is 10.1. The van der Waals surface area contributed by atoms with E-state index in [0.717, 1.165) is 13.1 Å². The summed E-state index contributed by atoms with van der Waals surface area (Å²) < 4.78 is 4.95. The van der Waals surface area contributed by atoms with Gasteiger partial charge in [-0.3, -0.25) is 9.69 Å². The number of esters is 1. The van der Waals surface area contributed by atoms with Crippen LogP contribution in [0.4, 0.5) is 0 Å². The first-order valence-electron chi connectivity index (χ1n) is 5.38. The van der Waals surface area contributed by atoms with Crippen LogP contribution in [-0.2, 0) is 9.53 Å². The first-order chi connectivity index (χ1) is 6.47. The van der Waals surface area contributed by atoms with Crippen LogP contribution in [0.3, 0.4) is 0 Å². The molecular formula is C11H23NO2. The molecule has 3 heteroatoms. The molecule has 0 spiro atoms. The number of hydrogen-bond donors (Lipinski definition) is 0. The topological polar surface area (TPSA) is 29.5 Å². The largest absolute Gasteiger partial charge is 0.466 e. The molecule has 0 aromatic rings. The van der Waals surface area contributed by atoms with Crippen LogP contribution in [0.2, 0.25) is 0 Å². The predicted octanol–water partition coefficient (Wildman–Crippen LogP) is 2.06. The van der Waals surface area contributed by atoms with Crippen LogP contribution in [0.1, 0.15) is 41.0 Å². The molecule has 0 heterocycles. The van der Waals surface area contributed by atoms with E-state index in [1.807, 2.05) is 6.92 Å². The van der Waals surface area contributed by atoms with Crippen molar-refractivity contribution in [2.24, 2.45) is 0 Å². The molecule has 0 saturated carbocycles. The highest BCUT2D eigenvalue weighted by atomic mass is 16.5. The van der Waals surface area contributed by atoms with Crippen LogP contribution in [-0.4, -0.2) is 36.1 Å². The van der Waals surface area contributed by atoms with E-state index in [4.69, 9.17) is 4.74 Å². The Bertz CT molecular complexity index is 174. The van der Waals surface area contributed by atoms with E-state index < -0.39 is 0 Å². The van der Waals surface area contributed by atoms with Gasteiger partial charge in [0.2, 0.25) is 0 Å². The van der Waals surface area contributed by atoms with Crippen LogP contribution in [0, 0.1) is 0 Å². The van der Waals surface area contributed by atoms with Crippen LogP contribution in [0.15, 0.2) is 0 Å². The lowest BCUT2D eigenvalue weighted by Gasteiger charge is -2.36. The van der Waals surface area contributed by atoms with Gasteiger partial charge in [0.1, 0.15) is 0 Å². The van der Waals surface area contributed by atoms with Crippen molar-refractivity contribution in [2.45, 2.75) is 46.6 Å². The average Bonchev–Trinajstić information content (AvgIpc) is 2.04. The summed E-state index contributed by atoms with van der Waals surface area (Å²) in [5.74, 6) is -0.107. The molecule has 0 aliphatic rings. The van der Waals surface area contributed by atoms with Crippen molar-refractivity contribution >= 4 is 5.97 Å². The maximum atomic E-state index is 11.3. The summed E-state index contributed by atoms with van der Waals surface area (Å²) in [5, 5.41) is 0. The average molecular weight is 201 g/mol. The Hall–Kier alpha value is -0.570. The van der Waals surface area contributed by atoms with Crippen molar-refractivity contribution in [1.29, 1.82) is 0 Å². The lowest BCUT2D eigenvalue weighted by atomic mass is 9.98. The van der Waals surface area contributed by atoms with Gasteiger partial charge >= 0.3 is 5.97 Å². The van der Waals surface area contributed by atoms with E-state index in [9.17, 15) is 4.79 Å². The molecule has 0 rings (SSSR count). The molecule has 0 atom stereocenters.